The molecular formula is C19H20ClNO3. The number of aromatic hydroxyl groups is 2. The van der Waals surface area contributed by atoms with Gasteiger partial charge in [0, 0.05) is 17.2 Å². The summed E-state index contributed by atoms with van der Waals surface area (Å²) in [5, 5.41) is 21.7. The lowest BCUT2D eigenvalue weighted by Crippen LogP contribution is -3.00. The van der Waals surface area contributed by atoms with E-state index in [4.69, 9.17) is 4.74 Å². The van der Waals surface area contributed by atoms with Gasteiger partial charge in [0.1, 0.15) is 0 Å². The van der Waals surface area contributed by atoms with Crippen molar-refractivity contribution in [3.8, 4) is 17.4 Å². The number of methoxy groups -OCH3 is 1. The summed E-state index contributed by atoms with van der Waals surface area (Å²) in [4.78, 5) is 0. The Morgan fingerprint density at radius 1 is 1.04 bits per heavy atom. The van der Waals surface area contributed by atoms with Crippen molar-refractivity contribution >= 4 is 10.8 Å². The molecule has 0 aliphatic rings. The molecule has 0 atom stereocenters. The van der Waals surface area contributed by atoms with E-state index in [9.17, 15) is 10.2 Å². The number of ether oxygens (including phenoxy) is 1. The predicted octanol–water partition coefficient (Wildman–Crippen LogP) is 0.102. The Hall–Kier alpha value is -2.46. The van der Waals surface area contributed by atoms with Crippen molar-refractivity contribution in [2.45, 2.75) is 19.9 Å². The molecule has 0 unspecified atom stereocenters. The fraction of sp³-hybridized carbons (Fsp3) is 0.211. The zero-order chi connectivity index (χ0) is 16.4. The molecule has 0 radical (unpaired) electrons. The molecule has 24 heavy (non-hydrogen) atoms. The van der Waals surface area contributed by atoms with E-state index in [1.54, 1.807) is 18.2 Å². The average Bonchev–Trinajstić information content (AvgIpc) is 2.54. The molecule has 0 amide bonds. The summed E-state index contributed by atoms with van der Waals surface area (Å²) >= 11 is 0. The number of aromatic nitrogens is 1. The van der Waals surface area contributed by atoms with Gasteiger partial charge in [0.05, 0.1) is 13.2 Å². The predicted molar refractivity (Wildman–Crippen MR) is 88.9 cm³/mol. The maximum absolute atomic E-state index is 10.2. The van der Waals surface area contributed by atoms with Crippen LogP contribution in [0.3, 0.4) is 0 Å². The first-order chi connectivity index (χ1) is 11.1. The van der Waals surface area contributed by atoms with Crippen LogP contribution < -0.4 is 21.7 Å². The summed E-state index contributed by atoms with van der Waals surface area (Å²) in [6.45, 7) is 2.77. The van der Waals surface area contributed by atoms with Crippen molar-refractivity contribution < 1.29 is 31.9 Å². The number of pyridine rings is 1. The van der Waals surface area contributed by atoms with Crippen molar-refractivity contribution in [1.29, 1.82) is 0 Å². The van der Waals surface area contributed by atoms with Gasteiger partial charge in [-0.05, 0) is 30.2 Å². The number of aryl methyl sites for hydroxylation is 3. The molecule has 1 aromatic heterocycles. The number of rotatable bonds is 4. The lowest BCUT2D eigenvalue weighted by molar-refractivity contribution is -0.700. The van der Waals surface area contributed by atoms with Crippen LogP contribution in [0.15, 0.2) is 48.7 Å². The number of phenols is 1. The van der Waals surface area contributed by atoms with Crippen LogP contribution in [0.25, 0.3) is 10.8 Å². The van der Waals surface area contributed by atoms with Gasteiger partial charge in [-0.25, -0.2) is 0 Å². The van der Waals surface area contributed by atoms with Crippen LogP contribution in [0.5, 0.6) is 17.4 Å². The van der Waals surface area contributed by atoms with Gasteiger partial charge in [0.15, 0.2) is 24.2 Å². The molecule has 126 valence electrons. The Labute approximate surface area is 147 Å². The first-order valence-electron chi connectivity index (χ1n) is 7.56. The molecule has 0 aliphatic heterocycles. The first kappa shape index (κ1) is 17.9. The molecule has 2 N–H and O–H groups in total. The lowest BCUT2D eigenvalue weighted by atomic mass is 10.1. The minimum Gasteiger partial charge on any atom is -1.00 e. The SMILES string of the molecule is COc1cc2c[n+](CCc3ccccc3C)c(O)cc2cc1O.[Cl-]. The number of hydrogen-bond acceptors (Lipinski definition) is 3. The van der Waals surface area contributed by atoms with Crippen molar-refractivity contribution in [2.24, 2.45) is 0 Å². The highest BCUT2D eigenvalue weighted by atomic mass is 35.5. The van der Waals surface area contributed by atoms with Gasteiger partial charge in [0.25, 0.3) is 0 Å². The van der Waals surface area contributed by atoms with E-state index in [1.807, 2.05) is 22.9 Å². The van der Waals surface area contributed by atoms with Crippen LogP contribution in [0.4, 0.5) is 0 Å². The average molecular weight is 346 g/mol. The quantitative estimate of drug-likeness (QED) is 0.660. The minimum atomic E-state index is 0. The van der Waals surface area contributed by atoms with E-state index < -0.39 is 0 Å². The number of phenolic OH excluding ortho intramolecular Hbond substituents is 1. The van der Waals surface area contributed by atoms with Crippen LogP contribution in [-0.4, -0.2) is 17.3 Å². The number of benzene rings is 2. The Bertz CT molecular complexity index is 865. The highest BCUT2D eigenvalue weighted by Gasteiger charge is 2.14. The third kappa shape index (κ3) is 3.54. The summed E-state index contributed by atoms with van der Waals surface area (Å²) in [6, 6.07) is 13.3. The van der Waals surface area contributed by atoms with Crippen LogP contribution in [-0.2, 0) is 13.0 Å². The number of nitrogens with zero attached hydrogens (tertiary/aromatic N) is 1. The van der Waals surface area contributed by atoms with Gasteiger partial charge in [-0.1, -0.05) is 24.3 Å². The largest absolute Gasteiger partial charge is 1.00 e. The molecule has 2 aromatic carbocycles. The third-order valence-electron chi connectivity index (χ3n) is 4.14. The zero-order valence-electron chi connectivity index (χ0n) is 13.7. The normalized spacial score (nSPS) is 10.4. The summed E-state index contributed by atoms with van der Waals surface area (Å²) in [7, 11) is 1.52. The molecule has 3 rings (SSSR count). The van der Waals surface area contributed by atoms with Gasteiger partial charge in [-0.3, -0.25) is 0 Å². The fourth-order valence-electron chi connectivity index (χ4n) is 2.77. The van der Waals surface area contributed by atoms with Gasteiger partial charge < -0.3 is 27.4 Å². The summed E-state index contributed by atoms with van der Waals surface area (Å²) in [6.07, 6.45) is 2.72. The molecular weight excluding hydrogens is 326 g/mol. The Morgan fingerprint density at radius 3 is 2.50 bits per heavy atom. The second kappa shape index (κ2) is 7.41. The molecule has 3 aromatic rings. The van der Waals surface area contributed by atoms with Crippen molar-refractivity contribution in [1.82, 2.24) is 0 Å². The van der Waals surface area contributed by atoms with E-state index in [0.29, 0.717) is 12.3 Å². The maximum Gasteiger partial charge on any atom is 0.365 e. The smallest absolute Gasteiger partial charge is 0.365 e. The van der Waals surface area contributed by atoms with Gasteiger partial charge in [0.2, 0.25) is 0 Å². The van der Waals surface area contributed by atoms with Crippen LogP contribution in [0.2, 0.25) is 0 Å². The Kier molecular flexibility index (Phi) is 5.52. The summed E-state index contributed by atoms with van der Waals surface area (Å²) in [5.41, 5.74) is 2.52. The van der Waals surface area contributed by atoms with Gasteiger partial charge in [-0.2, -0.15) is 4.57 Å². The Balaban J connectivity index is 0.00000208. The van der Waals surface area contributed by atoms with E-state index in [2.05, 4.69) is 19.1 Å². The molecule has 1 heterocycles. The molecule has 4 nitrogen and oxygen atoms in total. The summed E-state index contributed by atoms with van der Waals surface area (Å²) in [5.74, 6) is 0.668. The van der Waals surface area contributed by atoms with Crippen LogP contribution in [0.1, 0.15) is 11.1 Å². The van der Waals surface area contributed by atoms with E-state index in [1.165, 1.54) is 18.2 Å². The van der Waals surface area contributed by atoms with E-state index in [0.717, 1.165) is 17.2 Å². The standard InChI is InChI=1S/C19H19NO3.ClH/c1-13-5-3-4-6-14(13)7-8-20-12-16-10-18(23-2)17(21)9-15(16)11-19(20)22;/h3-6,9-12H,7-8H2,1-2H3,(H,21,22);1H. The van der Waals surface area contributed by atoms with Crippen LogP contribution in [0, 0.1) is 6.92 Å². The molecule has 0 saturated carbocycles. The van der Waals surface area contributed by atoms with Crippen LogP contribution >= 0.6 is 0 Å². The van der Waals surface area contributed by atoms with Crippen molar-refractivity contribution in [3.63, 3.8) is 0 Å². The number of hydrogen-bond donors (Lipinski definition) is 2. The molecule has 0 saturated heterocycles. The van der Waals surface area contributed by atoms with Gasteiger partial charge in [-0.15, -0.1) is 0 Å². The molecule has 0 spiro atoms. The minimum absolute atomic E-state index is 0. The van der Waals surface area contributed by atoms with Crippen molar-refractivity contribution in [3.05, 3.63) is 59.8 Å². The third-order valence-corrected chi connectivity index (χ3v) is 4.14. The molecule has 0 fully saturated rings. The molecule has 5 heteroatoms. The topological polar surface area (TPSA) is 53.6 Å². The number of halogens is 1. The number of fused-ring (bicyclic) bond motifs is 1. The highest BCUT2D eigenvalue weighted by molar-refractivity contribution is 5.85. The van der Waals surface area contributed by atoms with Crippen molar-refractivity contribution in [2.75, 3.05) is 7.11 Å². The lowest BCUT2D eigenvalue weighted by Gasteiger charge is -2.07. The first-order valence-corrected chi connectivity index (χ1v) is 7.56. The van der Waals surface area contributed by atoms with E-state index >= 15 is 0 Å². The highest BCUT2D eigenvalue weighted by Crippen LogP contribution is 2.31. The fourth-order valence-corrected chi connectivity index (χ4v) is 2.77. The monoisotopic (exact) mass is 345 g/mol. The zero-order valence-corrected chi connectivity index (χ0v) is 14.4. The van der Waals surface area contributed by atoms with Gasteiger partial charge >= 0.3 is 5.88 Å². The Morgan fingerprint density at radius 2 is 1.79 bits per heavy atom. The summed E-state index contributed by atoms with van der Waals surface area (Å²) < 4.78 is 6.96. The second-order valence-electron chi connectivity index (χ2n) is 5.65. The second-order valence-corrected chi connectivity index (χ2v) is 5.65. The van der Waals surface area contributed by atoms with E-state index in [-0.39, 0.29) is 24.0 Å². The maximum atomic E-state index is 10.2. The molecule has 0 bridgehead atoms. The molecule has 0 aliphatic carbocycles.